The summed E-state index contributed by atoms with van der Waals surface area (Å²) in [6.45, 7) is 0.843. The maximum atomic E-state index is 12.7. The molecule has 2 aromatic rings. The lowest BCUT2D eigenvalue weighted by Gasteiger charge is -2.24. The number of hydrogen-bond donors (Lipinski definition) is 1. The summed E-state index contributed by atoms with van der Waals surface area (Å²) < 4.78 is 36.3. The van der Waals surface area contributed by atoms with Crippen molar-refractivity contribution in [1.82, 2.24) is 5.32 Å². The van der Waals surface area contributed by atoms with E-state index in [1.807, 2.05) is 17.5 Å². The van der Waals surface area contributed by atoms with E-state index in [1.54, 1.807) is 17.4 Å². The molecule has 0 unspecified atom stereocenters. The molecule has 1 aliphatic heterocycles. The minimum atomic E-state index is -3.59. The Balaban J connectivity index is 1.40. The summed E-state index contributed by atoms with van der Waals surface area (Å²) in [5, 5.41) is 5.11. The summed E-state index contributed by atoms with van der Waals surface area (Å²) in [6, 6.07) is 8.60. The largest absolute Gasteiger partial charge is 0.486 e. The van der Waals surface area contributed by atoms with Crippen molar-refractivity contribution in [1.29, 1.82) is 0 Å². The standard InChI is InChI=1S/C21H25NO5S2/c23-20(22-21(15-4-1-2-5-15)19-6-3-12-28-19)9-13-29(24,25)16-7-8-17-18(14-16)27-11-10-26-17/h3,6-8,12,14-15,21H,1-2,4-5,9-11,13H2,(H,22,23)/t21-/m0/s1. The van der Waals surface area contributed by atoms with Crippen molar-refractivity contribution in [3.05, 3.63) is 40.6 Å². The number of hydrogen-bond acceptors (Lipinski definition) is 6. The van der Waals surface area contributed by atoms with Gasteiger partial charge in [0.1, 0.15) is 13.2 Å². The highest BCUT2D eigenvalue weighted by Crippen LogP contribution is 2.37. The van der Waals surface area contributed by atoms with Crippen molar-refractivity contribution in [2.45, 2.75) is 43.0 Å². The summed E-state index contributed by atoms with van der Waals surface area (Å²) in [4.78, 5) is 13.9. The number of nitrogens with one attached hydrogen (secondary N) is 1. The molecule has 29 heavy (non-hydrogen) atoms. The summed E-state index contributed by atoms with van der Waals surface area (Å²) in [5.41, 5.74) is 0. The second-order valence-electron chi connectivity index (χ2n) is 7.48. The second kappa shape index (κ2) is 8.75. The van der Waals surface area contributed by atoms with Gasteiger partial charge in [0.25, 0.3) is 0 Å². The number of rotatable bonds is 7. The van der Waals surface area contributed by atoms with Crippen LogP contribution in [0.2, 0.25) is 0 Å². The predicted octanol–water partition coefficient (Wildman–Crippen LogP) is 3.73. The molecule has 2 heterocycles. The maximum Gasteiger partial charge on any atom is 0.221 e. The van der Waals surface area contributed by atoms with Crippen molar-refractivity contribution in [2.24, 2.45) is 5.92 Å². The topological polar surface area (TPSA) is 81.7 Å². The first kappa shape index (κ1) is 20.2. The van der Waals surface area contributed by atoms with Crippen LogP contribution in [0.1, 0.15) is 43.0 Å². The van der Waals surface area contributed by atoms with Gasteiger partial charge < -0.3 is 14.8 Å². The molecule has 1 aliphatic carbocycles. The Kier molecular flexibility index (Phi) is 6.10. The highest BCUT2D eigenvalue weighted by molar-refractivity contribution is 7.91. The van der Waals surface area contributed by atoms with Crippen LogP contribution in [0.3, 0.4) is 0 Å². The molecule has 0 saturated heterocycles. The van der Waals surface area contributed by atoms with Crippen LogP contribution in [-0.4, -0.2) is 33.3 Å². The number of carbonyl (C=O) groups is 1. The minimum Gasteiger partial charge on any atom is -0.486 e. The van der Waals surface area contributed by atoms with E-state index < -0.39 is 9.84 Å². The molecule has 0 spiro atoms. The smallest absolute Gasteiger partial charge is 0.221 e. The van der Waals surface area contributed by atoms with E-state index in [-0.39, 0.29) is 29.0 Å². The number of thiophene rings is 1. The van der Waals surface area contributed by atoms with E-state index in [0.29, 0.717) is 30.6 Å². The highest BCUT2D eigenvalue weighted by Gasteiger charge is 2.29. The lowest BCUT2D eigenvalue weighted by atomic mass is 9.96. The first-order chi connectivity index (χ1) is 14.0. The molecule has 1 atom stereocenters. The average molecular weight is 436 g/mol. The summed E-state index contributed by atoms with van der Waals surface area (Å²) >= 11 is 1.63. The fourth-order valence-corrected chi connectivity index (χ4v) is 6.11. The number of ether oxygens (including phenoxy) is 2. The minimum absolute atomic E-state index is 0.0259. The van der Waals surface area contributed by atoms with E-state index >= 15 is 0 Å². The zero-order chi connectivity index (χ0) is 20.3. The fourth-order valence-electron chi connectivity index (χ4n) is 3.99. The van der Waals surface area contributed by atoms with Crippen LogP contribution in [0.15, 0.2) is 40.6 Å². The molecule has 1 N–H and O–H groups in total. The Hall–Kier alpha value is -2.06. The van der Waals surface area contributed by atoms with E-state index in [1.165, 1.54) is 25.0 Å². The van der Waals surface area contributed by atoms with Crippen molar-refractivity contribution in [3.63, 3.8) is 0 Å². The second-order valence-corrected chi connectivity index (χ2v) is 10.6. The Morgan fingerprint density at radius 2 is 1.90 bits per heavy atom. The fraction of sp³-hybridized carbons (Fsp3) is 0.476. The van der Waals surface area contributed by atoms with Crippen LogP contribution >= 0.6 is 11.3 Å². The molecule has 1 aromatic heterocycles. The van der Waals surface area contributed by atoms with Crippen LogP contribution < -0.4 is 14.8 Å². The molecule has 1 fully saturated rings. The molecule has 156 valence electrons. The molecule has 1 aromatic carbocycles. The Bertz CT molecular complexity index is 949. The zero-order valence-electron chi connectivity index (χ0n) is 16.1. The van der Waals surface area contributed by atoms with Gasteiger partial charge in [-0.05, 0) is 42.3 Å². The molecule has 1 saturated carbocycles. The monoisotopic (exact) mass is 435 g/mol. The summed E-state index contributed by atoms with van der Waals surface area (Å²) in [5.74, 6) is 0.938. The number of benzene rings is 1. The third kappa shape index (κ3) is 4.75. The molecule has 0 bridgehead atoms. The van der Waals surface area contributed by atoms with Crippen molar-refractivity contribution in [2.75, 3.05) is 19.0 Å². The van der Waals surface area contributed by atoms with Gasteiger partial charge in [-0.25, -0.2) is 8.42 Å². The number of carbonyl (C=O) groups excluding carboxylic acids is 1. The number of amides is 1. The van der Waals surface area contributed by atoms with E-state index in [2.05, 4.69) is 5.32 Å². The first-order valence-corrected chi connectivity index (χ1v) is 12.5. The molecule has 6 nitrogen and oxygen atoms in total. The van der Waals surface area contributed by atoms with Crippen molar-refractivity contribution < 1.29 is 22.7 Å². The molecule has 0 radical (unpaired) electrons. The Labute approximate surface area is 175 Å². The maximum absolute atomic E-state index is 12.7. The quantitative estimate of drug-likeness (QED) is 0.717. The zero-order valence-corrected chi connectivity index (χ0v) is 17.8. The van der Waals surface area contributed by atoms with Gasteiger partial charge in [0.15, 0.2) is 21.3 Å². The molecule has 8 heteroatoms. The SMILES string of the molecule is O=C(CCS(=O)(=O)c1ccc2c(c1)OCCO2)N[C@H](c1cccs1)C1CCCC1. The average Bonchev–Trinajstić information content (AvgIpc) is 3.44. The van der Waals surface area contributed by atoms with Gasteiger partial charge in [-0.1, -0.05) is 18.9 Å². The lowest BCUT2D eigenvalue weighted by molar-refractivity contribution is -0.121. The van der Waals surface area contributed by atoms with E-state index in [0.717, 1.165) is 17.7 Å². The number of sulfone groups is 1. The van der Waals surface area contributed by atoms with Crippen LogP contribution in [0.5, 0.6) is 11.5 Å². The predicted molar refractivity (Wildman–Crippen MR) is 111 cm³/mol. The Morgan fingerprint density at radius 1 is 1.14 bits per heavy atom. The molecular weight excluding hydrogens is 410 g/mol. The van der Waals surface area contributed by atoms with E-state index in [4.69, 9.17) is 9.47 Å². The van der Waals surface area contributed by atoms with Crippen molar-refractivity contribution in [3.8, 4) is 11.5 Å². The van der Waals surface area contributed by atoms with E-state index in [9.17, 15) is 13.2 Å². The van der Waals surface area contributed by atoms with Crippen LogP contribution in [-0.2, 0) is 14.6 Å². The van der Waals surface area contributed by atoms with Crippen LogP contribution in [0, 0.1) is 5.92 Å². The normalized spacial score (nSPS) is 17.8. The lowest BCUT2D eigenvalue weighted by Crippen LogP contribution is -2.33. The van der Waals surface area contributed by atoms with Gasteiger partial charge in [-0.2, -0.15) is 0 Å². The number of fused-ring (bicyclic) bond motifs is 1. The van der Waals surface area contributed by atoms with Gasteiger partial charge in [-0.15, -0.1) is 11.3 Å². The highest BCUT2D eigenvalue weighted by atomic mass is 32.2. The molecule has 4 rings (SSSR count). The third-order valence-electron chi connectivity index (χ3n) is 5.51. The molecular formula is C21H25NO5S2. The summed E-state index contributed by atoms with van der Waals surface area (Å²) in [6.07, 6.45) is 4.49. The van der Waals surface area contributed by atoms with Gasteiger partial charge >= 0.3 is 0 Å². The van der Waals surface area contributed by atoms with Gasteiger partial charge in [0, 0.05) is 17.4 Å². The summed E-state index contributed by atoms with van der Waals surface area (Å²) in [7, 11) is -3.59. The third-order valence-corrected chi connectivity index (χ3v) is 8.18. The van der Waals surface area contributed by atoms with Crippen LogP contribution in [0.4, 0.5) is 0 Å². The first-order valence-electron chi connectivity index (χ1n) is 9.98. The Morgan fingerprint density at radius 3 is 2.62 bits per heavy atom. The van der Waals surface area contributed by atoms with Crippen LogP contribution in [0.25, 0.3) is 0 Å². The van der Waals surface area contributed by atoms with Gasteiger partial charge in [0.05, 0.1) is 16.7 Å². The molecule has 2 aliphatic rings. The van der Waals surface area contributed by atoms with Gasteiger partial charge in [-0.3, -0.25) is 4.79 Å². The molecule has 1 amide bonds. The van der Waals surface area contributed by atoms with Gasteiger partial charge in [0.2, 0.25) is 5.91 Å². The van der Waals surface area contributed by atoms with Crippen molar-refractivity contribution >= 4 is 27.1 Å².